The number of ether oxygens (including phenoxy) is 1. The fraction of sp³-hybridized carbons (Fsp3) is 0.600. The highest BCUT2D eigenvalue weighted by Gasteiger charge is 2.18. The summed E-state index contributed by atoms with van der Waals surface area (Å²) < 4.78 is 5.81. The second kappa shape index (κ2) is 10.3. The molecule has 0 saturated carbocycles. The molecule has 116 valence electrons. The van der Waals surface area contributed by atoms with E-state index in [0.29, 0.717) is 5.92 Å². The lowest BCUT2D eigenvalue weighted by Gasteiger charge is -2.22. The van der Waals surface area contributed by atoms with E-state index in [-0.39, 0.29) is 24.8 Å². The summed E-state index contributed by atoms with van der Waals surface area (Å²) >= 11 is 0. The number of fused-ring (bicyclic) bond motifs is 1. The largest absolute Gasteiger partial charge is 0.493 e. The molecule has 1 aromatic carbocycles. The van der Waals surface area contributed by atoms with Crippen LogP contribution >= 0.6 is 24.8 Å². The molecule has 1 aliphatic rings. The molecule has 1 atom stereocenters. The van der Waals surface area contributed by atoms with Gasteiger partial charge in [-0.3, -0.25) is 0 Å². The zero-order chi connectivity index (χ0) is 12.8. The van der Waals surface area contributed by atoms with Crippen LogP contribution in [0.5, 0.6) is 5.75 Å². The third kappa shape index (κ3) is 5.88. The first-order chi connectivity index (χ1) is 8.79. The number of benzene rings is 1. The van der Waals surface area contributed by atoms with Gasteiger partial charge in [-0.25, -0.2) is 0 Å². The smallest absolute Gasteiger partial charge is 0.122 e. The maximum absolute atomic E-state index is 5.81. The molecule has 0 bridgehead atoms. The molecule has 1 aliphatic heterocycles. The average Bonchev–Trinajstić information content (AvgIpc) is 2.57. The lowest BCUT2D eigenvalue weighted by Crippen LogP contribution is -2.32. The minimum Gasteiger partial charge on any atom is -0.493 e. The Bertz CT molecular complexity index is 377. The Morgan fingerprint density at radius 2 is 2.05 bits per heavy atom. The number of para-hydroxylation sites is 1. The molecular weight excluding hydrogens is 295 g/mol. The van der Waals surface area contributed by atoms with Crippen molar-refractivity contribution in [3.05, 3.63) is 29.8 Å². The molecule has 1 heterocycles. The Labute approximate surface area is 134 Å². The topological polar surface area (TPSA) is 24.5 Å². The van der Waals surface area contributed by atoms with Gasteiger partial charge in [0, 0.05) is 19.6 Å². The molecule has 0 amide bonds. The van der Waals surface area contributed by atoms with Crippen LogP contribution in [0.15, 0.2) is 24.3 Å². The molecule has 1 unspecified atom stereocenters. The normalized spacial score (nSPS) is 17.2. The second-order valence-electron chi connectivity index (χ2n) is 5.18. The van der Waals surface area contributed by atoms with Crippen molar-refractivity contribution >= 4 is 24.8 Å². The second-order valence-corrected chi connectivity index (χ2v) is 5.18. The van der Waals surface area contributed by atoms with Crippen LogP contribution in [0.25, 0.3) is 0 Å². The van der Waals surface area contributed by atoms with Crippen LogP contribution in [0.4, 0.5) is 0 Å². The molecule has 0 radical (unpaired) electrons. The van der Waals surface area contributed by atoms with Crippen molar-refractivity contribution in [1.29, 1.82) is 0 Å². The molecule has 1 aromatic rings. The summed E-state index contributed by atoms with van der Waals surface area (Å²) in [6, 6.07) is 8.44. The van der Waals surface area contributed by atoms with E-state index in [1.54, 1.807) is 0 Å². The van der Waals surface area contributed by atoms with Gasteiger partial charge in [0.25, 0.3) is 0 Å². The van der Waals surface area contributed by atoms with E-state index in [4.69, 9.17) is 4.74 Å². The Hall–Kier alpha value is -0.480. The van der Waals surface area contributed by atoms with Gasteiger partial charge in [0.15, 0.2) is 0 Å². The first-order valence-corrected chi connectivity index (χ1v) is 6.83. The molecule has 0 aromatic heterocycles. The zero-order valence-electron chi connectivity index (χ0n) is 12.3. The predicted octanol–water partition coefficient (Wildman–Crippen LogP) is 2.62. The van der Waals surface area contributed by atoms with E-state index in [1.165, 1.54) is 5.56 Å². The highest BCUT2D eigenvalue weighted by atomic mass is 35.5. The van der Waals surface area contributed by atoms with Crippen LogP contribution in [0, 0.1) is 5.92 Å². The number of halogens is 2. The Balaban J connectivity index is 0.00000180. The summed E-state index contributed by atoms with van der Waals surface area (Å²) in [6.07, 6.45) is 2.29. The van der Waals surface area contributed by atoms with E-state index < -0.39 is 0 Å². The number of nitrogens with zero attached hydrogens (tertiary/aromatic N) is 1. The molecule has 0 saturated heterocycles. The molecule has 2 rings (SSSR count). The van der Waals surface area contributed by atoms with Gasteiger partial charge in [-0.15, -0.1) is 24.8 Å². The van der Waals surface area contributed by atoms with Gasteiger partial charge in [-0.1, -0.05) is 18.2 Å². The summed E-state index contributed by atoms with van der Waals surface area (Å²) in [5, 5.41) is 3.20. The SMILES string of the molecule is CNCCN(C)CC1CCOc2ccccc2C1.Cl.Cl. The maximum atomic E-state index is 5.81. The van der Waals surface area contributed by atoms with Crippen molar-refractivity contribution in [2.24, 2.45) is 5.92 Å². The minimum atomic E-state index is 0. The highest BCUT2D eigenvalue weighted by Crippen LogP contribution is 2.26. The van der Waals surface area contributed by atoms with Crippen molar-refractivity contribution in [2.75, 3.05) is 40.3 Å². The van der Waals surface area contributed by atoms with Crippen LogP contribution in [0.3, 0.4) is 0 Å². The van der Waals surface area contributed by atoms with Gasteiger partial charge in [0.2, 0.25) is 0 Å². The molecule has 3 nitrogen and oxygen atoms in total. The third-order valence-electron chi connectivity index (χ3n) is 3.58. The van der Waals surface area contributed by atoms with Crippen LogP contribution in [0.2, 0.25) is 0 Å². The lowest BCUT2D eigenvalue weighted by atomic mass is 9.96. The van der Waals surface area contributed by atoms with Crippen molar-refractivity contribution in [3.8, 4) is 5.75 Å². The van der Waals surface area contributed by atoms with E-state index in [9.17, 15) is 0 Å². The van der Waals surface area contributed by atoms with Crippen LogP contribution in [-0.2, 0) is 6.42 Å². The lowest BCUT2D eigenvalue weighted by molar-refractivity contribution is 0.240. The average molecular weight is 321 g/mol. The fourth-order valence-electron chi connectivity index (χ4n) is 2.55. The summed E-state index contributed by atoms with van der Waals surface area (Å²) in [4.78, 5) is 2.41. The van der Waals surface area contributed by atoms with Gasteiger partial charge < -0.3 is 15.0 Å². The minimum absolute atomic E-state index is 0. The third-order valence-corrected chi connectivity index (χ3v) is 3.58. The summed E-state index contributed by atoms with van der Waals surface area (Å²) in [5.74, 6) is 1.79. The van der Waals surface area contributed by atoms with Crippen molar-refractivity contribution in [3.63, 3.8) is 0 Å². The predicted molar refractivity (Wildman–Crippen MR) is 89.7 cm³/mol. The molecule has 20 heavy (non-hydrogen) atoms. The van der Waals surface area contributed by atoms with E-state index in [1.807, 2.05) is 7.05 Å². The summed E-state index contributed by atoms with van der Waals surface area (Å²) in [6.45, 7) is 4.16. The van der Waals surface area contributed by atoms with Gasteiger partial charge in [0.1, 0.15) is 5.75 Å². The zero-order valence-corrected chi connectivity index (χ0v) is 13.9. The number of likely N-dealkylation sites (N-methyl/N-ethyl adjacent to an activating group) is 2. The molecule has 0 fully saturated rings. The number of hydrogen-bond acceptors (Lipinski definition) is 3. The van der Waals surface area contributed by atoms with Crippen LogP contribution in [-0.4, -0.2) is 45.2 Å². The number of rotatable bonds is 5. The Morgan fingerprint density at radius 3 is 2.80 bits per heavy atom. The summed E-state index contributed by atoms with van der Waals surface area (Å²) in [5.41, 5.74) is 1.36. The van der Waals surface area contributed by atoms with Crippen molar-refractivity contribution in [2.45, 2.75) is 12.8 Å². The molecule has 5 heteroatoms. The highest BCUT2D eigenvalue weighted by molar-refractivity contribution is 5.85. The van der Waals surface area contributed by atoms with Gasteiger partial charge >= 0.3 is 0 Å². The van der Waals surface area contributed by atoms with Gasteiger partial charge in [0.05, 0.1) is 6.61 Å². The van der Waals surface area contributed by atoms with Crippen LogP contribution < -0.4 is 10.1 Å². The number of nitrogens with one attached hydrogen (secondary N) is 1. The molecule has 1 N–H and O–H groups in total. The van der Waals surface area contributed by atoms with E-state index >= 15 is 0 Å². The molecular formula is C15H26Cl2N2O. The number of hydrogen-bond donors (Lipinski definition) is 1. The van der Waals surface area contributed by atoms with Crippen molar-refractivity contribution < 1.29 is 4.74 Å². The Kier molecular flexibility index (Phi) is 10.0. The Morgan fingerprint density at radius 1 is 1.30 bits per heavy atom. The van der Waals surface area contributed by atoms with Gasteiger partial charge in [-0.05, 0) is 44.5 Å². The fourth-order valence-corrected chi connectivity index (χ4v) is 2.55. The van der Waals surface area contributed by atoms with Crippen molar-refractivity contribution in [1.82, 2.24) is 10.2 Å². The quantitative estimate of drug-likeness (QED) is 0.902. The molecule has 0 aliphatic carbocycles. The van der Waals surface area contributed by atoms with Gasteiger partial charge in [-0.2, -0.15) is 0 Å². The van der Waals surface area contributed by atoms with E-state index in [2.05, 4.69) is 41.5 Å². The summed E-state index contributed by atoms with van der Waals surface area (Å²) in [7, 11) is 4.21. The monoisotopic (exact) mass is 320 g/mol. The van der Waals surface area contributed by atoms with Crippen LogP contribution in [0.1, 0.15) is 12.0 Å². The molecule has 0 spiro atoms. The first-order valence-electron chi connectivity index (χ1n) is 6.83. The maximum Gasteiger partial charge on any atom is 0.122 e. The standard InChI is InChI=1S/C15H24N2O.2ClH/c1-16-8-9-17(2)12-13-7-10-18-15-6-4-3-5-14(15)11-13;;/h3-6,13,16H,7-12H2,1-2H3;2*1H. The van der Waals surface area contributed by atoms with E-state index in [0.717, 1.165) is 44.8 Å². The first kappa shape index (κ1) is 19.5.